The minimum absolute atomic E-state index is 0.143. The molecule has 0 aromatic heterocycles. The van der Waals surface area contributed by atoms with Crippen LogP contribution in [0.25, 0.3) is 0 Å². The first kappa shape index (κ1) is 18.9. The Kier molecular flexibility index (Phi) is 6.82. The zero-order valence-electron chi connectivity index (χ0n) is 15.1. The van der Waals surface area contributed by atoms with Crippen LogP contribution in [-0.4, -0.2) is 37.8 Å². The number of hydrogen-bond acceptors (Lipinski definition) is 5. The van der Waals surface area contributed by atoms with Gasteiger partial charge in [-0.05, 0) is 42.7 Å². The second-order valence-corrected chi connectivity index (χ2v) is 6.31. The highest BCUT2D eigenvalue weighted by molar-refractivity contribution is 5.91. The van der Waals surface area contributed by atoms with E-state index < -0.39 is 5.97 Å². The van der Waals surface area contributed by atoms with Crippen LogP contribution in [0.15, 0.2) is 54.6 Å². The van der Waals surface area contributed by atoms with Crippen LogP contribution in [0.2, 0.25) is 0 Å². The number of carbonyl (C=O) groups excluding carboxylic acids is 2. The predicted molar refractivity (Wildman–Crippen MR) is 99.5 cm³/mol. The lowest BCUT2D eigenvalue weighted by atomic mass is 10.2. The topological polar surface area (TPSA) is 73.9 Å². The number of rotatable bonds is 8. The fraction of sp³-hybridized carbons (Fsp3) is 0.333. The molecule has 0 saturated carbocycles. The summed E-state index contributed by atoms with van der Waals surface area (Å²) < 4.78 is 16.2. The molecule has 1 fully saturated rings. The van der Waals surface area contributed by atoms with Crippen molar-refractivity contribution < 1.29 is 23.8 Å². The predicted octanol–water partition coefficient (Wildman–Crippen LogP) is 2.72. The van der Waals surface area contributed by atoms with E-state index in [1.807, 2.05) is 30.3 Å². The van der Waals surface area contributed by atoms with Gasteiger partial charge in [0.1, 0.15) is 12.4 Å². The highest BCUT2D eigenvalue weighted by atomic mass is 16.5. The largest absolute Gasteiger partial charge is 0.491 e. The Balaban J connectivity index is 1.38. The van der Waals surface area contributed by atoms with E-state index in [1.54, 1.807) is 24.3 Å². The number of benzene rings is 2. The van der Waals surface area contributed by atoms with E-state index in [4.69, 9.17) is 14.2 Å². The first-order valence-electron chi connectivity index (χ1n) is 9.03. The van der Waals surface area contributed by atoms with Gasteiger partial charge in [-0.1, -0.05) is 30.3 Å². The van der Waals surface area contributed by atoms with Gasteiger partial charge < -0.3 is 19.5 Å². The number of hydrogen-bond donors (Lipinski definition) is 1. The fourth-order valence-electron chi connectivity index (χ4n) is 2.71. The Hall–Kier alpha value is -2.86. The third kappa shape index (κ3) is 6.11. The summed E-state index contributed by atoms with van der Waals surface area (Å²) in [5.41, 5.74) is 1.35. The minimum Gasteiger partial charge on any atom is -0.491 e. The molecule has 1 heterocycles. The third-order valence-corrected chi connectivity index (χ3v) is 4.22. The number of ether oxygens (including phenoxy) is 3. The first-order valence-corrected chi connectivity index (χ1v) is 9.03. The van der Waals surface area contributed by atoms with E-state index in [0.29, 0.717) is 24.5 Å². The second kappa shape index (κ2) is 9.73. The molecule has 1 N–H and O–H groups in total. The number of nitrogens with one attached hydrogen (secondary N) is 1. The quantitative estimate of drug-likeness (QED) is 0.724. The van der Waals surface area contributed by atoms with Crippen LogP contribution in [0.1, 0.15) is 28.8 Å². The summed E-state index contributed by atoms with van der Waals surface area (Å²) in [5, 5.41) is 2.71. The maximum absolute atomic E-state index is 12.0. The molecular weight excluding hydrogens is 346 g/mol. The van der Waals surface area contributed by atoms with Gasteiger partial charge in [-0.3, -0.25) is 4.79 Å². The zero-order valence-corrected chi connectivity index (χ0v) is 15.1. The van der Waals surface area contributed by atoms with Gasteiger partial charge >= 0.3 is 5.97 Å². The monoisotopic (exact) mass is 369 g/mol. The zero-order chi connectivity index (χ0) is 18.9. The summed E-state index contributed by atoms with van der Waals surface area (Å²) in [5.74, 6) is -0.220. The van der Waals surface area contributed by atoms with E-state index in [-0.39, 0.29) is 18.6 Å². The van der Waals surface area contributed by atoms with Crippen molar-refractivity contribution >= 4 is 11.9 Å². The minimum atomic E-state index is -0.546. The van der Waals surface area contributed by atoms with Gasteiger partial charge in [0.25, 0.3) is 5.91 Å². The second-order valence-electron chi connectivity index (χ2n) is 6.31. The molecule has 1 saturated heterocycles. The highest BCUT2D eigenvalue weighted by Gasteiger charge is 2.16. The molecule has 0 aliphatic carbocycles. The van der Waals surface area contributed by atoms with Crippen molar-refractivity contribution in [1.29, 1.82) is 0 Å². The van der Waals surface area contributed by atoms with E-state index >= 15 is 0 Å². The van der Waals surface area contributed by atoms with Gasteiger partial charge in [0.05, 0.1) is 11.7 Å². The fourth-order valence-corrected chi connectivity index (χ4v) is 2.71. The molecular formula is C21H23NO5. The van der Waals surface area contributed by atoms with Crippen molar-refractivity contribution in [3.05, 3.63) is 65.7 Å². The standard InChI is InChI=1S/C21H23NO5/c23-20(22-13-16-5-2-1-3-6-16)15-27-21(24)17-8-10-18(11-9-17)26-14-19-7-4-12-25-19/h1-3,5-6,8-11,19H,4,7,12-15H2,(H,22,23)/t19-/m1/s1. The van der Waals surface area contributed by atoms with Crippen molar-refractivity contribution in [2.75, 3.05) is 19.8 Å². The lowest BCUT2D eigenvalue weighted by Crippen LogP contribution is -2.28. The van der Waals surface area contributed by atoms with Gasteiger partial charge in [0.2, 0.25) is 0 Å². The van der Waals surface area contributed by atoms with Crippen molar-refractivity contribution in [1.82, 2.24) is 5.32 Å². The van der Waals surface area contributed by atoms with Gasteiger partial charge in [-0.15, -0.1) is 0 Å². The van der Waals surface area contributed by atoms with Crippen molar-refractivity contribution in [2.24, 2.45) is 0 Å². The number of esters is 1. The molecule has 2 aromatic rings. The molecule has 3 rings (SSSR count). The highest BCUT2D eigenvalue weighted by Crippen LogP contribution is 2.17. The Morgan fingerprint density at radius 1 is 1.07 bits per heavy atom. The van der Waals surface area contributed by atoms with Crippen molar-refractivity contribution in [3.63, 3.8) is 0 Å². The molecule has 6 nitrogen and oxygen atoms in total. The molecule has 1 aliphatic heterocycles. The summed E-state index contributed by atoms with van der Waals surface area (Å²) >= 11 is 0. The Bertz CT molecular complexity index is 739. The van der Waals surface area contributed by atoms with E-state index in [1.165, 1.54) is 0 Å². The van der Waals surface area contributed by atoms with Gasteiger partial charge in [-0.2, -0.15) is 0 Å². The van der Waals surface area contributed by atoms with Crippen LogP contribution >= 0.6 is 0 Å². The van der Waals surface area contributed by atoms with Crippen molar-refractivity contribution in [2.45, 2.75) is 25.5 Å². The third-order valence-electron chi connectivity index (χ3n) is 4.22. The molecule has 0 unspecified atom stereocenters. The van der Waals surface area contributed by atoms with E-state index in [2.05, 4.69) is 5.32 Å². The van der Waals surface area contributed by atoms with Gasteiger partial charge in [0.15, 0.2) is 6.61 Å². The Labute approximate surface area is 158 Å². The maximum Gasteiger partial charge on any atom is 0.338 e. The molecule has 0 radical (unpaired) electrons. The lowest BCUT2D eigenvalue weighted by molar-refractivity contribution is -0.124. The normalized spacial score (nSPS) is 15.9. The average molecular weight is 369 g/mol. The molecule has 0 spiro atoms. The molecule has 2 aromatic carbocycles. The maximum atomic E-state index is 12.0. The summed E-state index contributed by atoms with van der Waals surface area (Å²) in [6.45, 7) is 1.38. The molecule has 1 amide bonds. The smallest absolute Gasteiger partial charge is 0.338 e. The lowest BCUT2D eigenvalue weighted by Gasteiger charge is -2.11. The number of amides is 1. The SMILES string of the molecule is O=C(COC(=O)c1ccc(OC[C@H]2CCCO2)cc1)NCc1ccccc1. The summed E-state index contributed by atoms with van der Waals surface area (Å²) in [6.07, 6.45) is 2.22. The van der Waals surface area contributed by atoms with Crippen molar-refractivity contribution in [3.8, 4) is 5.75 Å². The van der Waals surface area contributed by atoms with Crippen LogP contribution in [0.4, 0.5) is 0 Å². The Morgan fingerprint density at radius 3 is 2.56 bits per heavy atom. The summed E-state index contributed by atoms with van der Waals surface area (Å²) in [6, 6.07) is 16.2. The molecule has 142 valence electrons. The Morgan fingerprint density at radius 2 is 1.85 bits per heavy atom. The molecule has 1 atom stereocenters. The number of carbonyl (C=O) groups is 2. The van der Waals surface area contributed by atoms with Crippen LogP contribution < -0.4 is 10.1 Å². The van der Waals surface area contributed by atoms with E-state index in [9.17, 15) is 9.59 Å². The van der Waals surface area contributed by atoms with E-state index in [0.717, 1.165) is 25.0 Å². The first-order chi connectivity index (χ1) is 13.2. The average Bonchev–Trinajstić information content (AvgIpc) is 3.24. The molecule has 0 bridgehead atoms. The van der Waals surface area contributed by atoms with Crippen LogP contribution in [-0.2, 0) is 20.8 Å². The van der Waals surface area contributed by atoms with Gasteiger partial charge in [0, 0.05) is 13.2 Å². The van der Waals surface area contributed by atoms with Crippen LogP contribution in [0.5, 0.6) is 5.75 Å². The summed E-state index contributed by atoms with van der Waals surface area (Å²) in [4.78, 5) is 23.8. The molecule has 6 heteroatoms. The molecule has 1 aliphatic rings. The summed E-state index contributed by atoms with van der Waals surface area (Å²) in [7, 11) is 0. The molecule has 27 heavy (non-hydrogen) atoms. The van der Waals surface area contributed by atoms with Crippen LogP contribution in [0, 0.1) is 0 Å². The van der Waals surface area contributed by atoms with Gasteiger partial charge in [-0.25, -0.2) is 4.79 Å². The van der Waals surface area contributed by atoms with Crippen LogP contribution in [0.3, 0.4) is 0 Å².